The summed E-state index contributed by atoms with van der Waals surface area (Å²) in [7, 11) is 0. The van der Waals surface area contributed by atoms with E-state index < -0.39 is 0 Å². The molecular formula is C10H13N3O. The van der Waals surface area contributed by atoms with Crippen LogP contribution < -0.4 is 11.4 Å². The van der Waals surface area contributed by atoms with Gasteiger partial charge >= 0.3 is 0 Å². The summed E-state index contributed by atoms with van der Waals surface area (Å²) in [6.45, 7) is 0. The fourth-order valence-corrected chi connectivity index (χ4v) is 1.78. The molecule has 0 aromatic heterocycles. The van der Waals surface area contributed by atoms with Gasteiger partial charge in [0.1, 0.15) is 0 Å². The summed E-state index contributed by atoms with van der Waals surface area (Å²) in [5.74, 6) is 4.99. The zero-order chi connectivity index (χ0) is 9.80. The second-order valence-electron chi connectivity index (χ2n) is 3.26. The first-order chi connectivity index (χ1) is 6.92. The first-order valence-electron chi connectivity index (χ1n) is 4.68. The van der Waals surface area contributed by atoms with Crippen LogP contribution in [0, 0.1) is 0 Å². The Morgan fingerprint density at radius 3 is 3.00 bits per heavy atom. The first-order valence-corrected chi connectivity index (χ1v) is 4.68. The lowest BCUT2D eigenvalue weighted by atomic mass is 9.90. The van der Waals surface area contributed by atoms with Crippen LogP contribution in [0.25, 0.3) is 0 Å². The number of nitrogens with one attached hydrogen (secondary N) is 1. The molecule has 2 rings (SSSR count). The number of fused-ring (bicyclic) bond motifs is 1. The highest BCUT2D eigenvalue weighted by atomic mass is 16.8. The van der Waals surface area contributed by atoms with Crippen molar-refractivity contribution in [1.82, 2.24) is 5.59 Å². The minimum absolute atomic E-state index is 0.943. The van der Waals surface area contributed by atoms with E-state index >= 15 is 0 Å². The molecule has 0 fully saturated rings. The molecule has 14 heavy (non-hydrogen) atoms. The molecule has 0 amide bonds. The van der Waals surface area contributed by atoms with Crippen molar-refractivity contribution in [2.24, 2.45) is 11.0 Å². The summed E-state index contributed by atoms with van der Waals surface area (Å²) in [5, 5.41) is 3.92. The molecule has 4 heteroatoms. The Balaban J connectivity index is 2.31. The lowest BCUT2D eigenvalue weighted by molar-refractivity contribution is 0.0464. The molecule has 1 aromatic carbocycles. The Kier molecular flexibility index (Phi) is 2.76. The number of aryl methyl sites for hydroxylation is 1. The van der Waals surface area contributed by atoms with Crippen molar-refractivity contribution in [3.63, 3.8) is 0 Å². The molecule has 1 aliphatic rings. The maximum atomic E-state index is 4.99. The van der Waals surface area contributed by atoms with Crippen LogP contribution in [0.2, 0.25) is 0 Å². The number of hydrogen-bond donors (Lipinski definition) is 2. The fourth-order valence-electron chi connectivity index (χ4n) is 1.78. The quantitative estimate of drug-likeness (QED) is 0.544. The topological polar surface area (TPSA) is 59.6 Å². The van der Waals surface area contributed by atoms with Gasteiger partial charge in [0.25, 0.3) is 0 Å². The summed E-state index contributed by atoms with van der Waals surface area (Å²) in [4.78, 5) is 4.65. The number of hydrazine groups is 1. The maximum Gasteiger partial charge on any atom is 0.0898 e. The second-order valence-corrected chi connectivity index (χ2v) is 3.26. The monoisotopic (exact) mass is 191 g/mol. The van der Waals surface area contributed by atoms with Crippen LogP contribution in [0.1, 0.15) is 24.0 Å². The minimum atomic E-state index is 0.943. The van der Waals surface area contributed by atoms with Crippen LogP contribution in [0.5, 0.6) is 0 Å². The van der Waals surface area contributed by atoms with Crippen LogP contribution in [-0.2, 0) is 11.4 Å². The molecule has 0 radical (unpaired) electrons. The van der Waals surface area contributed by atoms with E-state index in [9.17, 15) is 0 Å². The Bertz CT molecular complexity index is 349. The number of benzene rings is 1. The van der Waals surface area contributed by atoms with Gasteiger partial charge in [-0.2, -0.15) is 0 Å². The van der Waals surface area contributed by atoms with Crippen molar-refractivity contribution in [2.75, 3.05) is 0 Å². The van der Waals surface area contributed by atoms with Gasteiger partial charge in [0.05, 0.1) is 5.71 Å². The average Bonchev–Trinajstić information content (AvgIpc) is 2.26. The third kappa shape index (κ3) is 1.76. The molecule has 0 heterocycles. The molecule has 1 aromatic rings. The molecule has 0 unspecified atom stereocenters. The van der Waals surface area contributed by atoms with E-state index in [1.807, 2.05) is 12.1 Å². The minimum Gasteiger partial charge on any atom is -0.284 e. The summed E-state index contributed by atoms with van der Waals surface area (Å²) in [6, 6.07) is 8.24. The Hall–Kier alpha value is -1.39. The Morgan fingerprint density at radius 2 is 2.14 bits per heavy atom. The van der Waals surface area contributed by atoms with Crippen molar-refractivity contribution >= 4 is 5.71 Å². The van der Waals surface area contributed by atoms with E-state index in [0.29, 0.717) is 0 Å². The van der Waals surface area contributed by atoms with Gasteiger partial charge in [0, 0.05) is 5.56 Å². The Morgan fingerprint density at radius 1 is 1.29 bits per heavy atom. The molecule has 0 spiro atoms. The highest BCUT2D eigenvalue weighted by molar-refractivity contribution is 6.02. The third-order valence-corrected chi connectivity index (χ3v) is 2.40. The number of nitrogens with zero attached hydrogens (tertiary/aromatic N) is 1. The first kappa shape index (κ1) is 9.18. The van der Waals surface area contributed by atoms with E-state index in [4.69, 9.17) is 5.84 Å². The molecule has 4 nitrogen and oxygen atoms in total. The zero-order valence-electron chi connectivity index (χ0n) is 7.86. The molecule has 0 atom stereocenters. The third-order valence-electron chi connectivity index (χ3n) is 2.40. The largest absolute Gasteiger partial charge is 0.284 e. The van der Waals surface area contributed by atoms with Crippen molar-refractivity contribution in [3.05, 3.63) is 35.4 Å². The number of rotatable bonds is 2. The van der Waals surface area contributed by atoms with Crippen LogP contribution >= 0.6 is 0 Å². The van der Waals surface area contributed by atoms with E-state index in [0.717, 1.165) is 25.0 Å². The normalized spacial score (nSPS) is 17.9. The Labute approximate surface area is 82.7 Å². The lowest BCUT2D eigenvalue weighted by Crippen LogP contribution is -2.21. The van der Waals surface area contributed by atoms with Gasteiger partial charge in [-0.3, -0.25) is 4.94 Å². The van der Waals surface area contributed by atoms with E-state index in [1.165, 1.54) is 11.1 Å². The van der Waals surface area contributed by atoms with Crippen molar-refractivity contribution in [2.45, 2.75) is 19.3 Å². The number of hydrogen-bond acceptors (Lipinski definition) is 4. The summed E-state index contributed by atoms with van der Waals surface area (Å²) in [5.41, 5.74) is 5.53. The molecular weight excluding hydrogens is 178 g/mol. The van der Waals surface area contributed by atoms with Gasteiger partial charge in [-0.15, -0.1) is 0 Å². The van der Waals surface area contributed by atoms with Gasteiger partial charge in [0.2, 0.25) is 0 Å². The number of oxime groups is 1. The van der Waals surface area contributed by atoms with Crippen LogP contribution in [0.3, 0.4) is 0 Å². The van der Waals surface area contributed by atoms with Crippen molar-refractivity contribution < 1.29 is 4.94 Å². The zero-order valence-corrected chi connectivity index (χ0v) is 7.86. The molecule has 0 bridgehead atoms. The van der Waals surface area contributed by atoms with E-state index in [-0.39, 0.29) is 0 Å². The van der Waals surface area contributed by atoms with E-state index in [2.05, 4.69) is 27.8 Å². The van der Waals surface area contributed by atoms with Crippen LogP contribution in [0.4, 0.5) is 0 Å². The average molecular weight is 191 g/mol. The van der Waals surface area contributed by atoms with Gasteiger partial charge in [-0.05, 0) is 24.8 Å². The molecule has 0 saturated heterocycles. The summed E-state index contributed by atoms with van der Waals surface area (Å²) < 4.78 is 0. The maximum absolute atomic E-state index is 4.99. The number of nitrogens with two attached hydrogens (primary N) is 1. The fraction of sp³-hybridized carbons (Fsp3) is 0.300. The van der Waals surface area contributed by atoms with Gasteiger partial charge in [-0.25, -0.2) is 5.84 Å². The smallest absolute Gasteiger partial charge is 0.0898 e. The standard InChI is InChI=1S/C10H13N3O/c11-13-14-12-10-7-3-5-8-4-1-2-6-9(8)10/h1-2,4,6,13H,3,5,7,11H2/b12-10+. The molecule has 0 saturated carbocycles. The summed E-state index contributed by atoms with van der Waals surface area (Å²) in [6.07, 6.45) is 3.17. The van der Waals surface area contributed by atoms with Crippen molar-refractivity contribution in [1.29, 1.82) is 0 Å². The highest BCUT2D eigenvalue weighted by Gasteiger charge is 2.14. The molecule has 3 N–H and O–H groups in total. The lowest BCUT2D eigenvalue weighted by Gasteiger charge is -2.16. The van der Waals surface area contributed by atoms with E-state index in [1.54, 1.807) is 0 Å². The summed E-state index contributed by atoms with van der Waals surface area (Å²) >= 11 is 0. The SMILES string of the molecule is NNO/N=C1\CCCc2ccccc21. The highest BCUT2D eigenvalue weighted by Crippen LogP contribution is 2.21. The molecule has 1 aliphatic carbocycles. The predicted molar refractivity (Wildman–Crippen MR) is 54.3 cm³/mol. The second kappa shape index (κ2) is 4.21. The molecule has 74 valence electrons. The van der Waals surface area contributed by atoms with Gasteiger partial charge in [0.15, 0.2) is 0 Å². The van der Waals surface area contributed by atoms with Crippen LogP contribution in [0.15, 0.2) is 29.4 Å². The van der Waals surface area contributed by atoms with Gasteiger partial charge in [-0.1, -0.05) is 35.0 Å². The van der Waals surface area contributed by atoms with Crippen LogP contribution in [-0.4, -0.2) is 5.71 Å². The molecule has 0 aliphatic heterocycles. The predicted octanol–water partition coefficient (Wildman–Crippen LogP) is 1.12. The van der Waals surface area contributed by atoms with Crippen molar-refractivity contribution in [3.8, 4) is 0 Å². The van der Waals surface area contributed by atoms with Gasteiger partial charge < -0.3 is 0 Å².